The lowest BCUT2D eigenvalue weighted by molar-refractivity contribution is 0.504. The molecule has 100 valence electrons. The maximum atomic E-state index is 12.4. The van der Waals surface area contributed by atoms with E-state index in [1.165, 1.54) is 12.1 Å². The van der Waals surface area contributed by atoms with Crippen molar-refractivity contribution in [3.8, 4) is 5.69 Å². The van der Waals surface area contributed by atoms with E-state index >= 15 is 0 Å². The van der Waals surface area contributed by atoms with Crippen molar-refractivity contribution in [2.75, 3.05) is 0 Å². The second-order valence-electron chi connectivity index (χ2n) is 4.11. The molecular formula is C14H7Cl2NO3. The molecule has 0 unspecified atom stereocenters. The van der Waals surface area contributed by atoms with Crippen molar-refractivity contribution in [2.45, 2.75) is 0 Å². The van der Waals surface area contributed by atoms with Gasteiger partial charge in [-0.3, -0.25) is 4.79 Å². The highest BCUT2D eigenvalue weighted by atomic mass is 35.5. The van der Waals surface area contributed by atoms with E-state index in [2.05, 4.69) is 0 Å². The smallest absolute Gasteiger partial charge is 0.407 e. The first-order valence-electron chi connectivity index (χ1n) is 5.68. The molecule has 20 heavy (non-hydrogen) atoms. The van der Waals surface area contributed by atoms with Crippen molar-refractivity contribution in [3.05, 3.63) is 73.4 Å². The standard InChI is InChI=1S/C14H7Cl2NO3/c15-8-6-10-12(11(16)7-8)20-14(19)17(13(10)18)9-4-2-1-3-5-9/h1-7H. The number of hydrogen-bond donors (Lipinski definition) is 0. The van der Waals surface area contributed by atoms with Crippen LogP contribution in [0.4, 0.5) is 0 Å². The molecule has 0 atom stereocenters. The molecular weight excluding hydrogens is 301 g/mol. The van der Waals surface area contributed by atoms with E-state index in [0.29, 0.717) is 10.7 Å². The topological polar surface area (TPSA) is 52.2 Å². The Labute approximate surface area is 122 Å². The number of rotatable bonds is 1. The fourth-order valence-electron chi connectivity index (χ4n) is 1.96. The Bertz CT molecular complexity index is 913. The number of benzene rings is 2. The van der Waals surface area contributed by atoms with Crippen molar-refractivity contribution in [2.24, 2.45) is 0 Å². The highest BCUT2D eigenvalue weighted by Crippen LogP contribution is 2.25. The molecule has 0 spiro atoms. The lowest BCUT2D eigenvalue weighted by atomic mass is 10.2. The fourth-order valence-corrected chi connectivity index (χ4v) is 2.49. The number of fused-ring (bicyclic) bond motifs is 1. The van der Waals surface area contributed by atoms with E-state index in [1.807, 2.05) is 0 Å². The molecule has 0 fully saturated rings. The van der Waals surface area contributed by atoms with E-state index in [0.717, 1.165) is 4.57 Å². The van der Waals surface area contributed by atoms with Crippen LogP contribution in [-0.4, -0.2) is 4.57 Å². The van der Waals surface area contributed by atoms with E-state index in [4.69, 9.17) is 27.6 Å². The maximum absolute atomic E-state index is 12.4. The zero-order chi connectivity index (χ0) is 14.3. The van der Waals surface area contributed by atoms with E-state index in [-0.39, 0.29) is 16.0 Å². The van der Waals surface area contributed by atoms with Crippen molar-refractivity contribution < 1.29 is 4.42 Å². The van der Waals surface area contributed by atoms with E-state index < -0.39 is 11.3 Å². The van der Waals surface area contributed by atoms with Crippen LogP contribution < -0.4 is 11.3 Å². The molecule has 0 aliphatic rings. The van der Waals surface area contributed by atoms with Gasteiger partial charge in [0.15, 0.2) is 5.58 Å². The van der Waals surface area contributed by atoms with Crippen LogP contribution in [0, 0.1) is 0 Å². The Balaban J connectivity index is 2.47. The van der Waals surface area contributed by atoms with Gasteiger partial charge in [-0.05, 0) is 24.3 Å². The zero-order valence-corrected chi connectivity index (χ0v) is 11.5. The molecule has 0 bridgehead atoms. The average molecular weight is 308 g/mol. The predicted octanol–water partition coefficient (Wildman–Crippen LogP) is 3.25. The highest BCUT2D eigenvalue weighted by Gasteiger charge is 2.14. The minimum absolute atomic E-state index is 0.0400. The van der Waals surface area contributed by atoms with Crippen LogP contribution >= 0.6 is 23.2 Å². The second kappa shape index (κ2) is 4.81. The van der Waals surface area contributed by atoms with E-state index in [9.17, 15) is 9.59 Å². The molecule has 0 saturated heterocycles. The first-order valence-corrected chi connectivity index (χ1v) is 6.44. The minimum Gasteiger partial charge on any atom is -0.407 e. The average Bonchev–Trinajstić information content (AvgIpc) is 2.42. The van der Waals surface area contributed by atoms with Gasteiger partial charge in [-0.25, -0.2) is 9.36 Å². The molecule has 3 rings (SSSR count). The zero-order valence-electron chi connectivity index (χ0n) is 9.97. The van der Waals surface area contributed by atoms with Gasteiger partial charge in [0.05, 0.1) is 16.1 Å². The Morgan fingerprint density at radius 3 is 2.40 bits per heavy atom. The van der Waals surface area contributed by atoms with Crippen LogP contribution in [0.15, 0.2) is 56.5 Å². The first-order chi connectivity index (χ1) is 9.58. The van der Waals surface area contributed by atoms with Gasteiger partial charge in [0.25, 0.3) is 5.56 Å². The van der Waals surface area contributed by atoms with Gasteiger partial charge in [0.2, 0.25) is 0 Å². The van der Waals surface area contributed by atoms with Crippen LogP contribution in [0.5, 0.6) is 0 Å². The quantitative estimate of drug-likeness (QED) is 0.693. The molecule has 0 aliphatic heterocycles. The third kappa shape index (κ3) is 2.03. The number of hydrogen-bond acceptors (Lipinski definition) is 3. The molecule has 0 radical (unpaired) electrons. The summed E-state index contributed by atoms with van der Waals surface area (Å²) in [6.45, 7) is 0. The number of nitrogens with zero attached hydrogens (tertiary/aromatic N) is 1. The van der Waals surface area contributed by atoms with Crippen LogP contribution in [0.25, 0.3) is 16.7 Å². The summed E-state index contributed by atoms with van der Waals surface area (Å²) in [5, 5.41) is 0.584. The van der Waals surface area contributed by atoms with Crippen LogP contribution in [0.3, 0.4) is 0 Å². The summed E-state index contributed by atoms with van der Waals surface area (Å²) in [5.41, 5.74) is -0.0608. The molecule has 0 saturated carbocycles. The Hall–Kier alpha value is -2.04. The number of aromatic nitrogens is 1. The van der Waals surface area contributed by atoms with Crippen LogP contribution in [0.1, 0.15) is 0 Å². The third-order valence-electron chi connectivity index (χ3n) is 2.83. The molecule has 0 aliphatic carbocycles. The van der Waals surface area contributed by atoms with Crippen molar-refractivity contribution in [1.82, 2.24) is 4.57 Å². The third-order valence-corrected chi connectivity index (χ3v) is 3.33. The maximum Gasteiger partial charge on any atom is 0.427 e. The summed E-state index contributed by atoms with van der Waals surface area (Å²) in [6.07, 6.45) is 0. The second-order valence-corrected chi connectivity index (χ2v) is 4.95. The Kier molecular flexibility index (Phi) is 3.12. The summed E-state index contributed by atoms with van der Waals surface area (Å²) in [7, 11) is 0. The number of para-hydroxylation sites is 1. The van der Waals surface area contributed by atoms with Crippen molar-refractivity contribution >= 4 is 34.2 Å². The molecule has 3 aromatic rings. The van der Waals surface area contributed by atoms with Gasteiger partial charge >= 0.3 is 5.76 Å². The Morgan fingerprint density at radius 1 is 1.00 bits per heavy atom. The van der Waals surface area contributed by atoms with E-state index in [1.54, 1.807) is 30.3 Å². The summed E-state index contributed by atoms with van der Waals surface area (Å²) in [5.74, 6) is -0.794. The summed E-state index contributed by atoms with van der Waals surface area (Å²) < 4.78 is 6.07. The van der Waals surface area contributed by atoms with Crippen LogP contribution in [0.2, 0.25) is 10.0 Å². The lowest BCUT2D eigenvalue weighted by Gasteiger charge is -2.06. The van der Waals surface area contributed by atoms with Crippen LogP contribution in [-0.2, 0) is 0 Å². The Morgan fingerprint density at radius 2 is 1.70 bits per heavy atom. The summed E-state index contributed by atoms with van der Waals surface area (Å²) in [4.78, 5) is 24.4. The van der Waals surface area contributed by atoms with Crippen molar-refractivity contribution in [1.29, 1.82) is 0 Å². The number of halogens is 2. The lowest BCUT2D eigenvalue weighted by Crippen LogP contribution is -2.30. The molecule has 4 nitrogen and oxygen atoms in total. The highest BCUT2D eigenvalue weighted by molar-refractivity contribution is 6.38. The molecule has 2 aromatic carbocycles. The largest absolute Gasteiger partial charge is 0.427 e. The van der Waals surface area contributed by atoms with Gasteiger partial charge in [-0.1, -0.05) is 41.4 Å². The monoisotopic (exact) mass is 307 g/mol. The van der Waals surface area contributed by atoms with Gasteiger partial charge < -0.3 is 4.42 Å². The first kappa shape index (κ1) is 13.0. The van der Waals surface area contributed by atoms with Gasteiger partial charge in [-0.15, -0.1) is 0 Å². The molecule has 1 aromatic heterocycles. The minimum atomic E-state index is -0.794. The molecule has 0 amide bonds. The molecule has 0 N–H and O–H groups in total. The van der Waals surface area contributed by atoms with Crippen molar-refractivity contribution in [3.63, 3.8) is 0 Å². The fraction of sp³-hybridized carbons (Fsp3) is 0. The van der Waals surface area contributed by atoms with Gasteiger partial charge in [0, 0.05) is 5.02 Å². The SMILES string of the molecule is O=c1oc2c(Cl)cc(Cl)cc2c(=O)n1-c1ccccc1. The summed E-state index contributed by atoms with van der Waals surface area (Å²) >= 11 is 11.8. The normalized spacial score (nSPS) is 10.9. The molecule has 6 heteroatoms. The predicted molar refractivity (Wildman–Crippen MR) is 78.1 cm³/mol. The van der Waals surface area contributed by atoms with Gasteiger partial charge in [0.1, 0.15) is 0 Å². The van der Waals surface area contributed by atoms with Gasteiger partial charge in [-0.2, -0.15) is 0 Å². The summed E-state index contributed by atoms with van der Waals surface area (Å²) in [6, 6.07) is 11.3. The molecule has 1 heterocycles.